The van der Waals surface area contributed by atoms with E-state index in [4.69, 9.17) is 11.6 Å². The number of H-pyrrole nitrogens is 1. The molecule has 1 amide bonds. The molecule has 1 aromatic heterocycles. The Kier molecular flexibility index (Phi) is 3.49. The molecule has 0 aliphatic heterocycles. The molecule has 2 aromatic rings. The van der Waals surface area contributed by atoms with Gasteiger partial charge in [-0.25, -0.2) is 4.98 Å². The molecule has 0 spiro atoms. The van der Waals surface area contributed by atoms with Gasteiger partial charge in [0.1, 0.15) is 0 Å². The van der Waals surface area contributed by atoms with Crippen LogP contribution in [0.5, 0.6) is 0 Å². The van der Waals surface area contributed by atoms with Gasteiger partial charge in [-0.2, -0.15) is 0 Å². The normalized spacial score (nSPS) is 17.6. The molecular weight excluding hydrogens is 274 g/mol. The van der Waals surface area contributed by atoms with Gasteiger partial charge in [-0.1, -0.05) is 17.7 Å². The maximum Gasteiger partial charge on any atom is 0.227 e. The summed E-state index contributed by atoms with van der Waals surface area (Å²) in [5.74, 6) is 0.0354. The second-order valence-corrected chi connectivity index (χ2v) is 5.63. The number of benzene rings is 1. The zero-order valence-electron chi connectivity index (χ0n) is 11.2. The van der Waals surface area contributed by atoms with Crippen LogP contribution in [0.25, 0.3) is 0 Å². The second-order valence-electron chi connectivity index (χ2n) is 5.22. The van der Waals surface area contributed by atoms with E-state index in [-0.39, 0.29) is 11.8 Å². The molecule has 0 radical (unpaired) electrons. The summed E-state index contributed by atoms with van der Waals surface area (Å²) in [7, 11) is 0. The Balaban J connectivity index is 1.69. The van der Waals surface area contributed by atoms with E-state index in [2.05, 4.69) is 15.3 Å². The Morgan fingerprint density at radius 1 is 1.50 bits per heavy atom. The van der Waals surface area contributed by atoms with Crippen molar-refractivity contribution in [3.8, 4) is 0 Å². The van der Waals surface area contributed by atoms with Gasteiger partial charge in [-0.3, -0.25) is 4.79 Å². The van der Waals surface area contributed by atoms with Crippen LogP contribution in [0, 0.1) is 12.8 Å². The second kappa shape index (κ2) is 5.29. The Morgan fingerprint density at radius 3 is 3.15 bits per heavy atom. The van der Waals surface area contributed by atoms with Gasteiger partial charge in [-0.05, 0) is 37.5 Å². The number of nitrogens with zero attached hydrogens (tertiary/aromatic N) is 1. The van der Waals surface area contributed by atoms with Gasteiger partial charge < -0.3 is 10.3 Å². The number of amides is 1. The van der Waals surface area contributed by atoms with Crippen molar-refractivity contribution in [3.63, 3.8) is 0 Å². The summed E-state index contributed by atoms with van der Waals surface area (Å²) in [4.78, 5) is 19.7. The molecule has 1 unspecified atom stereocenters. The van der Waals surface area contributed by atoms with E-state index < -0.39 is 0 Å². The maximum absolute atomic E-state index is 12.3. The monoisotopic (exact) mass is 289 g/mol. The van der Waals surface area contributed by atoms with Crippen LogP contribution < -0.4 is 5.32 Å². The van der Waals surface area contributed by atoms with Crippen LogP contribution in [0.1, 0.15) is 23.4 Å². The molecule has 1 aliphatic carbocycles. The number of aromatic nitrogens is 2. The number of rotatable bonds is 2. The van der Waals surface area contributed by atoms with E-state index in [0.717, 1.165) is 41.9 Å². The number of halogens is 1. The van der Waals surface area contributed by atoms with Crippen LogP contribution in [-0.4, -0.2) is 15.9 Å². The largest absolute Gasteiger partial charge is 0.348 e. The third-order valence-electron chi connectivity index (χ3n) is 3.80. The molecule has 0 bridgehead atoms. The summed E-state index contributed by atoms with van der Waals surface area (Å²) in [6, 6.07) is 5.58. The smallest absolute Gasteiger partial charge is 0.227 e. The quantitative estimate of drug-likeness (QED) is 0.892. The summed E-state index contributed by atoms with van der Waals surface area (Å²) in [5, 5.41) is 3.61. The molecule has 20 heavy (non-hydrogen) atoms. The van der Waals surface area contributed by atoms with Crippen LogP contribution in [0.3, 0.4) is 0 Å². The molecule has 1 aromatic carbocycles. The molecule has 1 heterocycles. The van der Waals surface area contributed by atoms with Crippen molar-refractivity contribution < 1.29 is 4.79 Å². The van der Waals surface area contributed by atoms with Gasteiger partial charge in [0.25, 0.3) is 0 Å². The van der Waals surface area contributed by atoms with Gasteiger partial charge in [0.05, 0.1) is 12.0 Å². The van der Waals surface area contributed by atoms with E-state index >= 15 is 0 Å². The van der Waals surface area contributed by atoms with Crippen molar-refractivity contribution in [1.82, 2.24) is 9.97 Å². The van der Waals surface area contributed by atoms with E-state index in [9.17, 15) is 4.79 Å². The Bertz CT molecular complexity index is 650. The minimum absolute atomic E-state index is 0.0111. The van der Waals surface area contributed by atoms with Crippen molar-refractivity contribution in [3.05, 3.63) is 46.5 Å². The number of carbonyl (C=O) groups excluding carboxylic acids is 1. The predicted molar refractivity (Wildman–Crippen MR) is 78.9 cm³/mol. The first-order valence-electron chi connectivity index (χ1n) is 6.71. The highest BCUT2D eigenvalue weighted by atomic mass is 35.5. The average Bonchev–Trinajstić information content (AvgIpc) is 2.90. The summed E-state index contributed by atoms with van der Waals surface area (Å²) in [6.07, 6.45) is 4.11. The van der Waals surface area contributed by atoms with Gasteiger partial charge in [0.15, 0.2) is 0 Å². The molecule has 5 heteroatoms. The summed E-state index contributed by atoms with van der Waals surface area (Å²) in [5.41, 5.74) is 3.93. The lowest BCUT2D eigenvalue weighted by Gasteiger charge is -2.20. The molecule has 2 N–H and O–H groups in total. The summed E-state index contributed by atoms with van der Waals surface area (Å²) < 4.78 is 0. The number of aryl methyl sites for hydroxylation is 2. The van der Waals surface area contributed by atoms with Gasteiger partial charge in [0, 0.05) is 28.7 Å². The van der Waals surface area contributed by atoms with Crippen molar-refractivity contribution in [1.29, 1.82) is 0 Å². The van der Waals surface area contributed by atoms with E-state index in [1.807, 2.05) is 19.1 Å². The lowest BCUT2D eigenvalue weighted by molar-refractivity contribution is -0.120. The topological polar surface area (TPSA) is 57.8 Å². The molecule has 0 saturated carbocycles. The van der Waals surface area contributed by atoms with Crippen molar-refractivity contribution in [2.24, 2.45) is 5.92 Å². The SMILES string of the molecule is Cc1ccc(NC(=O)C2CCc3nc[nH]c3C2)cc1Cl. The van der Waals surface area contributed by atoms with Crippen LogP contribution in [0.2, 0.25) is 5.02 Å². The number of imidazole rings is 1. The first-order chi connectivity index (χ1) is 9.63. The minimum atomic E-state index is -0.0111. The number of hydrogen-bond acceptors (Lipinski definition) is 2. The van der Waals surface area contributed by atoms with Gasteiger partial charge in [0.2, 0.25) is 5.91 Å². The lowest BCUT2D eigenvalue weighted by Crippen LogP contribution is -2.28. The highest BCUT2D eigenvalue weighted by Gasteiger charge is 2.26. The Labute approximate surface area is 122 Å². The molecule has 1 aliphatic rings. The molecule has 4 nitrogen and oxygen atoms in total. The van der Waals surface area contributed by atoms with Gasteiger partial charge in [-0.15, -0.1) is 0 Å². The van der Waals surface area contributed by atoms with E-state index in [1.54, 1.807) is 12.4 Å². The van der Waals surface area contributed by atoms with Crippen LogP contribution in [-0.2, 0) is 17.6 Å². The van der Waals surface area contributed by atoms with Gasteiger partial charge >= 0.3 is 0 Å². The zero-order chi connectivity index (χ0) is 14.1. The van der Waals surface area contributed by atoms with E-state index in [1.165, 1.54) is 0 Å². The van der Waals surface area contributed by atoms with Crippen LogP contribution in [0.15, 0.2) is 24.5 Å². The molecule has 0 saturated heterocycles. The number of fused-ring (bicyclic) bond motifs is 1. The maximum atomic E-state index is 12.3. The fourth-order valence-electron chi connectivity index (χ4n) is 2.54. The molecule has 104 valence electrons. The summed E-state index contributed by atoms with van der Waals surface area (Å²) >= 11 is 6.07. The van der Waals surface area contributed by atoms with Crippen molar-refractivity contribution >= 4 is 23.2 Å². The molecule has 1 atom stereocenters. The van der Waals surface area contributed by atoms with Crippen LogP contribution >= 0.6 is 11.6 Å². The standard InChI is InChI=1S/C15H16ClN3O/c1-9-2-4-11(7-12(9)16)19-15(20)10-3-5-13-14(6-10)18-8-17-13/h2,4,7-8,10H,3,5-6H2,1H3,(H,17,18)(H,19,20). The molecule has 3 rings (SSSR count). The van der Waals surface area contributed by atoms with E-state index in [0.29, 0.717) is 5.02 Å². The number of carbonyl (C=O) groups is 1. The van der Waals surface area contributed by atoms with Crippen molar-refractivity contribution in [2.75, 3.05) is 5.32 Å². The molecule has 0 fully saturated rings. The fraction of sp³-hybridized carbons (Fsp3) is 0.333. The lowest BCUT2D eigenvalue weighted by atomic mass is 9.89. The number of hydrogen-bond donors (Lipinski definition) is 2. The number of aromatic amines is 1. The van der Waals surface area contributed by atoms with Crippen molar-refractivity contribution in [2.45, 2.75) is 26.2 Å². The van der Waals surface area contributed by atoms with Crippen LogP contribution in [0.4, 0.5) is 5.69 Å². The highest BCUT2D eigenvalue weighted by Crippen LogP contribution is 2.25. The fourth-order valence-corrected chi connectivity index (χ4v) is 2.72. The highest BCUT2D eigenvalue weighted by molar-refractivity contribution is 6.31. The minimum Gasteiger partial charge on any atom is -0.348 e. The molecular formula is C15H16ClN3O. The predicted octanol–water partition coefficient (Wildman–Crippen LogP) is 3.12. The first kappa shape index (κ1) is 13.2. The number of nitrogens with one attached hydrogen (secondary N) is 2. The Morgan fingerprint density at radius 2 is 2.35 bits per heavy atom. The summed E-state index contributed by atoms with van der Waals surface area (Å²) in [6.45, 7) is 1.94. The third kappa shape index (κ3) is 2.56. The number of anilines is 1. The Hall–Kier alpha value is -1.81. The third-order valence-corrected chi connectivity index (χ3v) is 4.21. The zero-order valence-corrected chi connectivity index (χ0v) is 12.0. The average molecular weight is 290 g/mol. The first-order valence-corrected chi connectivity index (χ1v) is 7.09.